The number of benzene rings is 1. The van der Waals surface area contributed by atoms with Gasteiger partial charge in [-0.2, -0.15) is 5.26 Å². The van der Waals surface area contributed by atoms with Gasteiger partial charge in [-0.05, 0) is 23.1 Å². The first-order valence-electron chi connectivity index (χ1n) is 5.81. The molecule has 0 aliphatic carbocycles. The van der Waals surface area contributed by atoms with Gasteiger partial charge in [0.2, 0.25) is 0 Å². The largest absolute Gasteiger partial charge is 0.478 e. The standard InChI is InChI=1S/C14H14N2O4/c1-14(2,3)11(13(17)18)6-9-4-5-10(8-15)12(7-9)16(19)20/h4-7H,1-3H3,(H,17,18). The second-order valence-corrected chi connectivity index (χ2v) is 5.26. The molecule has 104 valence electrons. The number of nitriles is 1. The molecule has 1 N–H and O–H groups in total. The van der Waals surface area contributed by atoms with E-state index in [4.69, 9.17) is 5.26 Å². The Bertz CT molecular complexity index is 634. The van der Waals surface area contributed by atoms with E-state index in [0.29, 0.717) is 5.56 Å². The minimum Gasteiger partial charge on any atom is -0.478 e. The summed E-state index contributed by atoms with van der Waals surface area (Å²) in [6.07, 6.45) is 1.39. The number of aliphatic carboxylic acids is 1. The second kappa shape index (κ2) is 5.53. The molecule has 6 nitrogen and oxygen atoms in total. The molecule has 0 atom stereocenters. The lowest BCUT2D eigenvalue weighted by Gasteiger charge is -2.19. The highest BCUT2D eigenvalue weighted by molar-refractivity contribution is 5.93. The van der Waals surface area contributed by atoms with Crippen LogP contribution in [0.3, 0.4) is 0 Å². The van der Waals surface area contributed by atoms with Gasteiger partial charge in [0.1, 0.15) is 11.6 Å². The summed E-state index contributed by atoms with van der Waals surface area (Å²) < 4.78 is 0. The maximum atomic E-state index is 11.2. The van der Waals surface area contributed by atoms with Crippen LogP contribution in [0.1, 0.15) is 31.9 Å². The summed E-state index contributed by atoms with van der Waals surface area (Å²) in [7, 11) is 0. The summed E-state index contributed by atoms with van der Waals surface area (Å²) in [5, 5.41) is 28.9. The van der Waals surface area contributed by atoms with E-state index in [1.54, 1.807) is 26.8 Å². The maximum absolute atomic E-state index is 11.2. The molecule has 1 aromatic rings. The van der Waals surface area contributed by atoms with Crippen molar-refractivity contribution in [2.24, 2.45) is 5.41 Å². The predicted molar refractivity (Wildman–Crippen MR) is 72.9 cm³/mol. The molecule has 0 radical (unpaired) electrons. The molecule has 0 fully saturated rings. The Labute approximate surface area is 116 Å². The van der Waals surface area contributed by atoms with Crippen LogP contribution < -0.4 is 0 Å². The molecule has 0 heterocycles. The van der Waals surface area contributed by atoms with Gasteiger partial charge >= 0.3 is 5.97 Å². The van der Waals surface area contributed by atoms with E-state index in [9.17, 15) is 20.0 Å². The molecule has 0 aliphatic heterocycles. The van der Waals surface area contributed by atoms with Crippen molar-refractivity contribution in [2.75, 3.05) is 0 Å². The zero-order chi connectivity index (χ0) is 15.5. The Morgan fingerprint density at radius 3 is 2.45 bits per heavy atom. The summed E-state index contributed by atoms with van der Waals surface area (Å²) in [6.45, 7) is 5.22. The van der Waals surface area contributed by atoms with E-state index in [1.165, 1.54) is 24.3 Å². The molecule has 0 saturated heterocycles. The van der Waals surface area contributed by atoms with Crippen LogP contribution in [0.4, 0.5) is 5.69 Å². The normalized spacial score (nSPS) is 11.8. The molecule has 0 unspecified atom stereocenters. The van der Waals surface area contributed by atoms with Gasteiger partial charge in [0, 0.05) is 11.6 Å². The Balaban J connectivity index is 3.42. The van der Waals surface area contributed by atoms with Crippen LogP contribution in [-0.2, 0) is 4.79 Å². The number of carboxylic acid groups (broad SMARTS) is 1. The molecule has 0 aliphatic rings. The summed E-state index contributed by atoms with van der Waals surface area (Å²) in [5.41, 5.74) is -0.478. The van der Waals surface area contributed by atoms with Gasteiger partial charge in [-0.1, -0.05) is 26.8 Å². The van der Waals surface area contributed by atoms with Crippen molar-refractivity contribution in [3.8, 4) is 6.07 Å². The van der Waals surface area contributed by atoms with Crippen LogP contribution >= 0.6 is 0 Å². The Hall–Kier alpha value is -2.68. The highest BCUT2D eigenvalue weighted by atomic mass is 16.6. The minimum atomic E-state index is -1.08. The zero-order valence-electron chi connectivity index (χ0n) is 11.4. The molecular weight excluding hydrogens is 260 g/mol. The summed E-state index contributed by atoms with van der Waals surface area (Å²) in [4.78, 5) is 21.4. The number of hydrogen-bond donors (Lipinski definition) is 1. The highest BCUT2D eigenvalue weighted by Crippen LogP contribution is 2.29. The van der Waals surface area contributed by atoms with E-state index >= 15 is 0 Å². The highest BCUT2D eigenvalue weighted by Gasteiger charge is 2.24. The molecule has 0 aromatic heterocycles. The quantitative estimate of drug-likeness (QED) is 0.518. The van der Waals surface area contributed by atoms with Crippen LogP contribution in [0, 0.1) is 26.9 Å². The predicted octanol–water partition coefficient (Wildman–Crippen LogP) is 2.98. The molecule has 0 amide bonds. The lowest BCUT2D eigenvalue weighted by Crippen LogP contribution is -2.17. The average Bonchev–Trinajstić information content (AvgIpc) is 2.33. The van der Waals surface area contributed by atoms with Gasteiger partial charge in [0.15, 0.2) is 0 Å². The fraction of sp³-hybridized carbons (Fsp3) is 0.286. The lowest BCUT2D eigenvalue weighted by atomic mass is 9.85. The number of hydrogen-bond acceptors (Lipinski definition) is 4. The number of nitro benzene ring substituents is 1. The van der Waals surface area contributed by atoms with Crippen molar-refractivity contribution in [3.05, 3.63) is 45.0 Å². The minimum absolute atomic E-state index is 0.0558. The molecule has 20 heavy (non-hydrogen) atoms. The van der Waals surface area contributed by atoms with Crippen molar-refractivity contribution in [3.63, 3.8) is 0 Å². The first-order valence-corrected chi connectivity index (χ1v) is 5.81. The first-order chi connectivity index (χ1) is 9.16. The van der Waals surface area contributed by atoms with Crippen molar-refractivity contribution in [1.29, 1.82) is 5.26 Å². The van der Waals surface area contributed by atoms with E-state index in [0.717, 1.165) is 0 Å². The van der Waals surface area contributed by atoms with Crippen LogP contribution in [-0.4, -0.2) is 16.0 Å². The van der Waals surface area contributed by atoms with E-state index < -0.39 is 16.3 Å². The van der Waals surface area contributed by atoms with E-state index in [1.807, 2.05) is 0 Å². The summed E-state index contributed by atoms with van der Waals surface area (Å²) >= 11 is 0. The second-order valence-electron chi connectivity index (χ2n) is 5.26. The third kappa shape index (κ3) is 3.42. The fourth-order valence-corrected chi connectivity index (χ4v) is 1.65. The molecule has 6 heteroatoms. The molecule has 0 saturated carbocycles. The number of nitro groups is 1. The molecular formula is C14H14N2O4. The summed E-state index contributed by atoms with van der Waals surface area (Å²) in [5.74, 6) is -1.08. The third-order valence-corrected chi connectivity index (χ3v) is 2.69. The van der Waals surface area contributed by atoms with E-state index in [2.05, 4.69) is 0 Å². The third-order valence-electron chi connectivity index (χ3n) is 2.69. The molecule has 1 rings (SSSR count). The van der Waals surface area contributed by atoms with Gasteiger partial charge < -0.3 is 5.11 Å². The number of rotatable bonds is 3. The fourth-order valence-electron chi connectivity index (χ4n) is 1.65. The monoisotopic (exact) mass is 274 g/mol. The maximum Gasteiger partial charge on any atom is 0.332 e. The van der Waals surface area contributed by atoms with Crippen LogP contribution in [0.15, 0.2) is 23.8 Å². The molecule has 0 bridgehead atoms. The Kier molecular flexibility index (Phi) is 4.25. The van der Waals surface area contributed by atoms with Gasteiger partial charge in [0.25, 0.3) is 5.69 Å². The van der Waals surface area contributed by atoms with E-state index in [-0.39, 0.29) is 16.8 Å². The smallest absolute Gasteiger partial charge is 0.332 e. The number of carbonyl (C=O) groups is 1. The zero-order valence-corrected chi connectivity index (χ0v) is 11.4. The van der Waals surface area contributed by atoms with Gasteiger partial charge in [-0.15, -0.1) is 0 Å². The molecule has 1 aromatic carbocycles. The molecule has 0 spiro atoms. The van der Waals surface area contributed by atoms with Crippen LogP contribution in [0.5, 0.6) is 0 Å². The number of nitrogens with zero attached hydrogens (tertiary/aromatic N) is 2. The van der Waals surface area contributed by atoms with Gasteiger partial charge in [0.05, 0.1) is 4.92 Å². The Morgan fingerprint density at radius 1 is 1.45 bits per heavy atom. The van der Waals surface area contributed by atoms with Crippen molar-refractivity contribution >= 4 is 17.7 Å². The van der Waals surface area contributed by atoms with Crippen molar-refractivity contribution in [1.82, 2.24) is 0 Å². The Morgan fingerprint density at radius 2 is 2.05 bits per heavy atom. The van der Waals surface area contributed by atoms with Gasteiger partial charge in [-0.25, -0.2) is 4.79 Å². The van der Waals surface area contributed by atoms with Gasteiger partial charge in [-0.3, -0.25) is 10.1 Å². The number of carboxylic acids is 1. The SMILES string of the molecule is CC(C)(C)C(=Cc1ccc(C#N)c([N+](=O)[O-])c1)C(=O)O. The van der Waals surface area contributed by atoms with Crippen molar-refractivity contribution in [2.45, 2.75) is 20.8 Å². The van der Waals surface area contributed by atoms with Crippen molar-refractivity contribution < 1.29 is 14.8 Å². The van der Waals surface area contributed by atoms with Crippen LogP contribution in [0.2, 0.25) is 0 Å². The lowest BCUT2D eigenvalue weighted by molar-refractivity contribution is -0.385. The average molecular weight is 274 g/mol. The first kappa shape index (κ1) is 15.4. The topological polar surface area (TPSA) is 104 Å². The summed E-state index contributed by atoms with van der Waals surface area (Å²) in [6, 6.07) is 5.73. The van der Waals surface area contributed by atoms with Crippen LogP contribution in [0.25, 0.3) is 6.08 Å².